The molecule has 0 bridgehead atoms. The Kier molecular flexibility index (Phi) is 4.38. The van der Waals surface area contributed by atoms with E-state index in [1.54, 1.807) is 6.92 Å². The van der Waals surface area contributed by atoms with Crippen LogP contribution >= 0.6 is 0 Å². The number of aromatic hydroxyl groups is 1. The summed E-state index contributed by atoms with van der Waals surface area (Å²) in [6, 6.07) is 0. The zero-order valence-corrected chi connectivity index (χ0v) is 18.2. The number of allylic oxidation sites excluding steroid dienone is 5. The second-order valence-corrected chi connectivity index (χ2v) is 9.12. The molecule has 166 valence electrons. The van der Waals surface area contributed by atoms with Crippen LogP contribution in [0, 0.1) is 12.8 Å². The van der Waals surface area contributed by atoms with Gasteiger partial charge in [0.25, 0.3) is 0 Å². The first-order valence-corrected chi connectivity index (χ1v) is 10.9. The molecule has 0 aromatic heterocycles. The first-order valence-electron chi connectivity index (χ1n) is 10.9. The van der Waals surface area contributed by atoms with Crippen LogP contribution in [0.1, 0.15) is 67.4 Å². The van der Waals surface area contributed by atoms with Gasteiger partial charge in [-0.25, -0.2) is 0 Å². The number of phenols is 1. The highest BCUT2D eigenvalue weighted by atomic mass is 16.5. The highest BCUT2D eigenvalue weighted by Gasteiger charge is 2.56. The van der Waals surface area contributed by atoms with E-state index in [9.17, 15) is 24.6 Å². The number of aliphatic hydroxyl groups excluding tert-OH is 1. The summed E-state index contributed by atoms with van der Waals surface area (Å²) in [5, 5.41) is 21.3. The lowest BCUT2D eigenvalue weighted by molar-refractivity contribution is -0.123. The first kappa shape index (κ1) is 20.5. The molecule has 0 spiro atoms. The summed E-state index contributed by atoms with van der Waals surface area (Å²) in [6.45, 7) is 4.33. The molecule has 2 heterocycles. The summed E-state index contributed by atoms with van der Waals surface area (Å²) in [6.07, 6.45) is 8.46. The summed E-state index contributed by atoms with van der Waals surface area (Å²) in [5.74, 6) is -1.58. The number of carbonyl (C=O) groups excluding carboxylic acids is 3. The molecule has 7 nitrogen and oxygen atoms in total. The van der Waals surface area contributed by atoms with Gasteiger partial charge in [0.1, 0.15) is 39.6 Å². The number of Topliss-reactive ketones (excluding diaryl/α,β-unsaturated/α-hetero) is 3. The van der Waals surface area contributed by atoms with E-state index in [1.165, 1.54) is 26.3 Å². The zero-order chi connectivity index (χ0) is 22.9. The van der Waals surface area contributed by atoms with Crippen molar-refractivity contribution in [2.45, 2.75) is 58.3 Å². The monoisotopic (exact) mass is 436 g/mol. The lowest BCUT2D eigenvalue weighted by Gasteiger charge is -2.27. The van der Waals surface area contributed by atoms with E-state index in [-0.39, 0.29) is 57.2 Å². The number of rotatable bonds is 2. The van der Waals surface area contributed by atoms with Gasteiger partial charge in [-0.1, -0.05) is 19.3 Å². The normalized spacial score (nSPS) is 25.8. The Balaban J connectivity index is 1.67. The number of ether oxygens (including phenoxy) is 2. The maximum atomic E-state index is 13.3. The minimum absolute atomic E-state index is 0.0415. The van der Waals surface area contributed by atoms with E-state index >= 15 is 0 Å². The van der Waals surface area contributed by atoms with Crippen LogP contribution in [0.2, 0.25) is 0 Å². The highest BCUT2D eigenvalue weighted by Crippen LogP contribution is 2.59. The number of ketones is 3. The molecule has 1 aromatic carbocycles. The molecule has 0 amide bonds. The molecule has 32 heavy (non-hydrogen) atoms. The van der Waals surface area contributed by atoms with Gasteiger partial charge in [-0.15, -0.1) is 0 Å². The van der Waals surface area contributed by atoms with Crippen LogP contribution in [0.4, 0.5) is 0 Å². The second-order valence-electron chi connectivity index (χ2n) is 9.12. The topological polar surface area (TPSA) is 110 Å². The Hall–Kier alpha value is -3.35. The minimum atomic E-state index is -1.54. The lowest BCUT2D eigenvalue weighted by atomic mass is 9.71. The van der Waals surface area contributed by atoms with Gasteiger partial charge in [-0.3, -0.25) is 14.4 Å². The van der Waals surface area contributed by atoms with Crippen molar-refractivity contribution in [2.24, 2.45) is 5.92 Å². The summed E-state index contributed by atoms with van der Waals surface area (Å²) in [7, 11) is 0. The molecule has 0 radical (unpaired) electrons. The smallest absolute Gasteiger partial charge is 0.235 e. The maximum absolute atomic E-state index is 13.3. The Morgan fingerprint density at radius 2 is 1.81 bits per heavy atom. The van der Waals surface area contributed by atoms with Crippen molar-refractivity contribution in [1.82, 2.24) is 0 Å². The zero-order valence-electron chi connectivity index (χ0n) is 18.2. The van der Waals surface area contributed by atoms with Crippen molar-refractivity contribution >= 4 is 17.3 Å². The molecule has 2 aliphatic carbocycles. The Morgan fingerprint density at radius 3 is 2.47 bits per heavy atom. The van der Waals surface area contributed by atoms with Crippen LogP contribution in [0.15, 0.2) is 35.0 Å². The molecular formula is C25H24O7. The van der Waals surface area contributed by atoms with Gasteiger partial charge >= 0.3 is 0 Å². The number of hydrogen-bond acceptors (Lipinski definition) is 7. The molecule has 2 aliphatic heterocycles. The third-order valence-corrected chi connectivity index (χ3v) is 7.08. The number of benzene rings is 1. The van der Waals surface area contributed by atoms with Crippen LogP contribution in [0.5, 0.6) is 17.2 Å². The van der Waals surface area contributed by atoms with Gasteiger partial charge in [0.05, 0.1) is 5.56 Å². The van der Waals surface area contributed by atoms with E-state index < -0.39 is 22.7 Å². The number of hydrogen-bond donors (Lipinski definition) is 2. The standard InChI is InChI=1S/C25H24O7/c1-11-20(28)19-23(32-16-10-14(27)17(12(2)26)24(30)25(16,19)3)18-21(29)15(31-22(11)18)9-13-7-5-4-6-8-13/h9-10,13,27-28H,4-8H2,1-3H3/b15-9-/t25-/m0/s1. The Bertz CT molecular complexity index is 1210. The van der Waals surface area contributed by atoms with Crippen molar-refractivity contribution in [2.75, 3.05) is 0 Å². The number of fused-ring (bicyclic) bond motifs is 5. The van der Waals surface area contributed by atoms with Gasteiger partial charge in [0.2, 0.25) is 5.78 Å². The van der Waals surface area contributed by atoms with Crippen molar-refractivity contribution in [3.63, 3.8) is 0 Å². The third kappa shape index (κ3) is 2.57. The van der Waals surface area contributed by atoms with Crippen LogP contribution in [-0.2, 0) is 15.0 Å². The van der Waals surface area contributed by atoms with E-state index in [2.05, 4.69) is 0 Å². The molecule has 4 aliphatic rings. The predicted molar refractivity (Wildman–Crippen MR) is 114 cm³/mol. The third-order valence-electron chi connectivity index (χ3n) is 7.08. The van der Waals surface area contributed by atoms with Crippen molar-refractivity contribution < 1.29 is 34.1 Å². The SMILES string of the molecule is CC(=O)C1=C(O)C=C2Oc3c4c(c(C)c(O)c3[C@@]2(C)C1=O)O/C(=C\C1CCCCC1)C4=O. The number of phenolic OH excluding ortho intramolecular Hbond substituents is 1. The number of carbonyl (C=O) groups is 3. The predicted octanol–water partition coefficient (Wildman–Crippen LogP) is 4.26. The van der Waals surface area contributed by atoms with Gasteiger partial charge < -0.3 is 19.7 Å². The van der Waals surface area contributed by atoms with Gasteiger partial charge in [0.15, 0.2) is 23.1 Å². The fraction of sp³-hybridized carbons (Fsp3) is 0.400. The van der Waals surface area contributed by atoms with E-state index in [0.717, 1.165) is 25.7 Å². The average Bonchev–Trinajstić information content (AvgIpc) is 3.22. The van der Waals surface area contributed by atoms with Gasteiger partial charge in [0, 0.05) is 11.6 Å². The molecule has 2 N–H and O–H groups in total. The first-order chi connectivity index (χ1) is 15.2. The van der Waals surface area contributed by atoms with Crippen molar-refractivity contribution in [3.05, 3.63) is 51.7 Å². The van der Waals surface area contributed by atoms with Crippen LogP contribution in [0.25, 0.3) is 0 Å². The van der Waals surface area contributed by atoms with Gasteiger partial charge in [-0.2, -0.15) is 0 Å². The van der Waals surface area contributed by atoms with E-state index in [0.29, 0.717) is 5.56 Å². The second kappa shape index (κ2) is 6.82. The van der Waals surface area contributed by atoms with Gasteiger partial charge in [-0.05, 0) is 45.6 Å². The molecule has 7 heteroatoms. The van der Waals surface area contributed by atoms with Crippen LogP contribution < -0.4 is 9.47 Å². The van der Waals surface area contributed by atoms with Crippen LogP contribution in [-0.4, -0.2) is 27.6 Å². The summed E-state index contributed by atoms with van der Waals surface area (Å²) in [4.78, 5) is 38.7. The average molecular weight is 436 g/mol. The molecule has 1 aromatic rings. The van der Waals surface area contributed by atoms with E-state index in [1.807, 2.05) is 6.08 Å². The Labute approximate surface area is 185 Å². The molecule has 1 fully saturated rings. The lowest BCUT2D eigenvalue weighted by Crippen LogP contribution is -2.38. The summed E-state index contributed by atoms with van der Waals surface area (Å²) >= 11 is 0. The van der Waals surface area contributed by atoms with Crippen LogP contribution in [0.3, 0.4) is 0 Å². The summed E-state index contributed by atoms with van der Waals surface area (Å²) < 4.78 is 11.8. The fourth-order valence-corrected chi connectivity index (χ4v) is 5.26. The molecule has 5 rings (SSSR count). The fourth-order valence-electron chi connectivity index (χ4n) is 5.26. The van der Waals surface area contributed by atoms with E-state index in [4.69, 9.17) is 9.47 Å². The maximum Gasteiger partial charge on any atom is 0.235 e. The van der Waals surface area contributed by atoms with Crippen molar-refractivity contribution in [3.8, 4) is 17.2 Å². The minimum Gasteiger partial charge on any atom is -0.507 e. The summed E-state index contributed by atoms with van der Waals surface area (Å²) in [5.41, 5.74) is -1.30. The molecule has 0 saturated heterocycles. The molecule has 0 unspecified atom stereocenters. The largest absolute Gasteiger partial charge is 0.507 e. The molecule has 1 atom stereocenters. The quantitative estimate of drug-likeness (QED) is 0.526. The number of aliphatic hydroxyl groups is 1. The highest BCUT2D eigenvalue weighted by molar-refractivity contribution is 6.26. The van der Waals surface area contributed by atoms with Crippen molar-refractivity contribution in [1.29, 1.82) is 0 Å². The molecular weight excluding hydrogens is 412 g/mol. The molecule has 1 saturated carbocycles. The Morgan fingerprint density at radius 1 is 1.12 bits per heavy atom.